The molecule has 3 N–H and O–H groups in total. The molecule has 0 radical (unpaired) electrons. The number of hydrogen-bond donors (Lipinski definition) is 3. The number of carbonyl (C=O) groups is 2. The summed E-state index contributed by atoms with van der Waals surface area (Å²) in [4.78, 5) is 23.1. The van der Waals surface area contributed by atoms with Gasteiger partial charge in [-0.05, 0) is 44.0 Å². The van der Waals surface area contributed by atoms with E-state index in [1.54, 1.807) is 6.07 Å². The predicted molar refractivity (Wildman–Crippen MR) is 76.9 cm³/mol. The Kier molecular flexibility index (Phi) is 4.67. The second-order valence-electron chi connectivity index (χ2n) is 6.02. The van der Waals surface area contributed by atoms with Gasteiger partial charge in [0.05, 0.1) is 6.54 Å². The molecule has 1 amide bonds. The first-order valence-electron chi connectivity index (χ1n) is 7.22. The van der Waals surface area contributed by atoms with Crippen LogP contribution in [0.1, 0.15) is 43.0 Å². The van der Waals surface area contributed by atoms with Crippen molar-refractivity contribution in [1.82, 2.24) is 10.6 Å². The molecule has 2 rings (SSSR count). The fraction of sp³-hybridized carbons (Fsp3) is 0.600. The molecule has 1 aliphatic heterocycles. The molecule has 2 heterocycles. The number of rotatable bonds is 5. The van der Waals surface area contributed by atoms with Gasteiger partial charge < -0.3 is 20.2 Å². The minimum atomic E-state index is -1.11. The van der Waals surface area contributed by atoms with Crippen molar-refractivity contribution in [2.24, 2.45) is 11.3 Å². The second-order valence-corrected chi connectivity index (χ2v) is 6.02. The van der Waals surface area contributed by atoms with Crippen LogP contribution in [0.5, 0.6) is 0 Å². The van der Waals surface area contributed by atoms with E-state index in [1.165, 1.54) is 6.07 Å². The lowest BCUT2D eigenvalue weighted by atomic mass is 9.74. The number of carbonyl (C=O) groups excluding carboxylic acids is 1. The Morgan fingerprint density at radius 1 is 1.48 bits per heavy atom. The van der Waals surface area contributed by atoms with Crippen LogP contribution in [0.3, 0.4) is 0 Å². The molecule has 1 saturated heterocycles. The molecule has 1 unspecified atom stereocenters. The van der Waals surface area contributed by atoms with Gasteiger partial charge in [-0.15, -0.1) is 0 Å². The van der Waals surface area contributed by atoms with Gasteiger partial charge in [-0.1, -0.05) is 13.8 Å². The van der Waals surface area contributed by atoms with Crippen LogP contribution in [-0.4, -0.2) is 30.1 Å². The van der Waals surface area contributed by atoms with Crippen molar-refractivity contribution in [2.45, 2.75) is 33.2 Å². The van der Waals surface area contributed by atoms with Gasteiger partial charge in [0.15, 0.2) is 0 Å². The zero-order valence-corrected chi connectivity index (χ0v) is 12.4. The first kappa shape index (κ1) is 15.6. The summed E-state index contributed by atoms with van der Waals surface area (Å²) in [5.74, 6) is -0.517. The number of carboxylic acid groups (broad SMARTS) is 1. The summed E-state index contributed by atoms with van der Waals surface area (Å²) >= 11 is 0. The molecular formula is C15H22N2O4. The SMILES string of the molecule is CC(C)(C(=O)NCc1ccc(C(=O)O)o1)C1CCCNC1. The van der Waals surface area contributed by atoms with Crippen LogP contribution in [0.2, 0.25) is 0 Å². The van der Waals surface area contributed by atoms with E-state index in [0.717, 1.165) is 25.9 Å². The molecule has 0 bridgehead atoms. The fourth-order valence-electron chi connectivity index (χ4n) is 2.64. The van der Waals surface area contributed by atoms with Gasteiger partial charge in [0, 0.05) is 5.41 Å². The third-order valence-corrected chi connectivity index (χ3v) is 4.20. The lowest BCUT2D eigenvalue weighted by molar-refractivity contribution is -0.132. The fourth-order valence-corrected chi connectivity index (χ4v) is 2.64. The van der Waals surface area contributed by atoms with Crippen LogP contribution in [0.15, 0.2) is 16.5 Å². The van der Waals surface area contributed by atoms with E-state index in [9.17, 15) is 9.59 Å². The van der Waals surface area contributed by atoms with E-state index >= 15 is 0 Å². The quantitative estimate of drug-likeness (QED) is 0.767. The zero-order valence-electron chi connectivity index (χ0n) is 12.4. The highest BCUT2D eigenvalue weighted by molar-refractivity contribution is 5.84. The van der Waals surface area contributed by atoms with Gasteiger partial charge in [0.2, 0.25) is 11.7 Å². The molecule has 1 aliphatic rings. The molecule has 0 aromatic carbocycles. The molecule has 21 heavy (non-hydrogen) atoms. The standard InChI is InChI=1S/C15H22N2O4/c1-15(2,10-4-3-7-16-8-10)14(20)17-9-11-5-6-12(21-11)13(18)19/h5-6,10,16H,3-4,7-9H2,1-2H3,(H,17,20)(H,18,19). The molecule has 1 aromatic rings. The Bertz CT molecular complexity index is 515. The zero-order chi connectivity index (χ0) is 15.5. The van der Waals surface area contributed by atoms with Gasteiger partial charge in [0.25, 0.3) is 0 Å². The normalized spacial score (nSPS) is 19.2. The summed E-state index contributed by atoms with van der Waals surface area (Å²) in [6, 6.07) is 2.96. The third-order valence-electron chi connectivity index (χ3n) is 4.20. The van der Waals surface area contributed by atoms with Crippen molar-refractivity contribution in [3.63, 3.8) is 0 Å². The monoisotopic (exact) mass is 294 g/mol. The molecule has 0 saturated carbocycles. The highest BCUT2D eigenvalue weighted by Crippen LogP contribution is 2.32. The number of piperidine rings is 1. The Balaban J connectivity index is 1.91. The molecular weight excluding hydrogens is 272 g/mol. The molecule has 1 aromatic heterocycles. The number of hydrogen-bond acceptors (Lipinski definition) is 4. The van der Waals surface area contributed by atoms with Crippen LogP contribution in [0.25, 0.3) is 0 Å². The summed E-state index contributed by atoms with van der Waals surface area (Å²) in [6.45, 7) is 5.97. The Hall–Kier alpha value is -1.82. The largest absolute Gasteiger partial charge is 0.475 e. The van der Waals surface area contributed by atoms with Crippen LogP contribution < -0.4 is 10.6 Å². The predicted octanol–water partition coefficient (Wildman–Crippen LogP) is 1.62. The smallest absolute Gasteiger partial charge is 0.371 e. The number of aromatic carboxylic acids is 1. The van der Waals surface area contributed by atoms with Crippen molar-refractivity contribution in [1.29, 1.82) is 0 Å². The average molecular weight is 294 g/mol. The Labute approximate surface area is 123 Å². The summed E-state index contributed by atoms with van der Waals surface area (Å²) < 4.78 is 5.13. The second kappa shape index (κ2) is 6.30. The maximum absolute atomic E-state index is 12.4. The van der Waals surface area contributed by atoms with Crippen molar-refractivity contribution in [3.8, 4) is 0 Å². The minimum absolute atomic E-state index is 0.0375. The van der Waals surface area contributed by atoms with Crippen LogP contribution in [-0.2, 0) is 11.3 Å². The van der Waals surface area contributed by atoms with Gasteiger partial charge in [-0.2, -0.15) is 0 Å². The minimum Gasteiger partial charge on any atom is -0.475 e. The van der Waals surface area contributed by atoms with Gasteiger partial charge in [-0.25, -0.2) is 4.79 Å². The van der Waals surface area contributed by atoms with E-state index in [4.69, 9.17) is 9.52 Å². The van der Waals surface area contributed by atoms with E-state index in [2.05, 4.69) is 10.6 Å². The van der Waals surface area contributed by atoms with E-state index in [0.29, 0.717) is 11.7 Å². The lowest BCUT2D eigenvalue weighted by Gasteiger charge is -2.35. The molecule has 6 heteroatoms. The number of carboxylic acids is 1. The van der Waals surface area contributed by atoms with E-state index in [1.807, 2.05) is 13.8 Å². The van der Waals surface area contributed by atoms with Crippen LogP contribution in [0.4, 0.5) is 0 Å². The van der Waals surface area contributed by atoms with Gasteiger partial charge in [0.1, 0.15) is 5.76 Å². The van der Waals surface area contributed by atoms with Crippen LogP contribution >= 0.6 is 0 Å². The van der Waals surface area contributed by atoms with Crippen LogP contribution in [0, 0.1) is 11.3 Å². The third kappa shape index (κ3) is 3.64. The van der Waals surface area contributed by atoms with E-state index in [-0.39, 0.29) is 18.2 Å². The van der Waals surface area contributed by atoms with Gasteiger partial charge >= 0.3 is 5.97 Å². The first-order chi connectivity index (χ1) is 9.91. The maximum atomic E-state index is 12.4. The topological polar surface area (TPSA) is 91.6 Å². The molecule has 6 nitrogen and oxygen atoms in total. The molecule has 0 aliphatic carbocycles. The average Bonchev–Trinajstić information content (AvgIpc) is 2.94. The number of nitrogens with one attached hydrogen (secondary N) is 2. The molecule has 116 valence electrons. The number of furan rings is 1. The van der Waals surface area contributed by atoms with Crippen molar-refractivity contribution in [3.05, 3.63) is 23.7 Å². The Morgan fingerprint density at radius 2 is 2.24 bits per heavy atom. The lowest BCUT2D eigenvalue weighted by Crippen LogP contribution is -2.47. The highest BCUT2D eigenvalue weighted by Gasteiger charge is 2.37. The van der Waals surface area contributed by atoms with E-state index < -0.39 is 11.4 Å². The Morgan fingerprint density at radius 3 is 2.81 bits per heavy atom. The maximum Gasteiger partial charge on any atom is 0.371 e. The summed E-state index contributed by atoms with van der Waals surface area (Å²) in [6.07, 6.45) is 2.12. The van der Waals surface area contributed by atoms with Crippen molar-refractivity contribution < 1.29 is 19.1 Å². The van der Waals surface area contributed by atoms with Gasteiger partial charge in [-0.3, -0.25) is 4.79 Å². The van der Waals surface area contributed by atoms with Crippen molar-refractivity contribution in [2.75, 3.05) is 13.1 Å². The summed E-state index contributed by atoms with van der Waals surface area (Å²) in [7, 11) is 0. The molecule has 1 atom stereocenters. The van der Waals surface area contributed by atoms with Crippen molar-refractivity contribution >= 4 is 11.9 Å². The molecule has 1 fully saturated rings. The molecule has 0 spiro atoms. The summed E-state index contributed by atoms with van der Waals surface area (Å²) in [5.41, 5.74) is -0.463. The highest BCUT2D eigenvalue weighted by atomic mass is 16.4. The first-order valence-corrected chi connectivity index (χ1v) is 7.22. The summed E-state index contributed by atoms with van der Waals surface area (Å²) in [5, 5.41) is 14.9. The number of amides is 1.